The maximum Gasteiger partial charge on any atom is 0.271 e. The molecule has 1 aliphatic carbocycles. The summed E-state index contributed by atoms with van der Waals surface area (Å²) in [6, 6.07) is 34.1. The van der Waals surface area contributed by atoms with Crippen LogP contribution in [0.3, 0.4) is 0 Å². The van der Waals surface area contributed by atoms with E-state index >= 15 is 0 Å². The van der Waals surface area contributed by atoms with E-state index in [-0.39, 0.29) is 11.6 Å². The van der Waals surface area contributed by atoms with Crippen LogP contribution < -0.4 is 24.4 Å². The lowest BCUT2D eigenvalue weighted by Gasteiger charge is -2.31. The van der Waals surface area contributed by atoms with Gasteiger partial charge in [0.2, 0.25) is 0 Å². The first-order valence-electron chi connectivity index (χ1n) is 13.7. The van der Waals surface area contributed by atoms with Crippen molar-refractivity contribution < 1.29 is 9.47 Å². The average Bonchev–Trinajstić information content (AvgIpc) is 3.33. The lowest BCUT2D eigenvalue weighted by molar-refractivity contribution is 0.306. The fourth-order valence-electron chi connectivity index (χ4n) is 5.78. The van der Waals surface area contributed by atoms with Gasteiger partial charge in [0.15, 0.2) is 4.80 Å². The smallest absolute Gasteiger partial charge is 0.271 e. The number of benzene rings is 4. The number of rotatable bonds is 6. The SMILES string of the molecule is COc1ccccc1[C@H]1C2=C(N=c3s/c(=C/c4cccc(OCc5ccccc5)c4)c(=O)n31)c1ccccc1CC2. The molecule has 6 heteroatoms. The first-order chi connectivity index (χ1) is 20.2. The van der Waals surface area contributed by atoms with Crippen LogP contribution in [0.15, 0.2) is 118 Å². The molecule has 0 radical (unpaired) electrons. The Labute approximate surface area is 242 Å². The van der Waals surface area contributed by atoms with Gasteiger partial charge in [-0.3, -0.25) is 9.36 Å². The van der Waals surface area contributed by atoms with Crippen LogP contribution in [0, 0.1) is 0 Å². The van der Waals surface area contributed by atoms with Gasteiger partial charge >= 0.3 is 0 Å². The molecule has 4 aromatic carbocycles. The van der Waals surface area contributed by atoms with Crippen LogP contribution in [0.25, 0.3) is 11.8 Å². The Morgan fingerprint density at radius 2 is 1.73 bits per heavy atom. The molecule has 2 heterocycles. The summed E-state index contributed by atoms with van der Waals surface area (Å²) in [4.78, 5) is 19.9. The predicted molar refractivity (Wildman–Crippen MR) is 163 cm³/mol. The van der Waals surface area contributed by atoms with Gasteiger partial charge in [-0.2, -0.15) is 0 Å². The molecule has 202 valence electrons. The highest BCUT2D eigenvalue weighted by Crippen LogP contribution is 2.43. The van der Waals surface area contributed by atoms with Gasteiger partial charge in [-0.1, -0.05) is 96.3 Å². The molecule has 5 nitrogen and oxygen atoms in total. The summed E-state index contributed by atoms with van der Waals surface area (Å²) in [6.07, 6.45) is 3.69. The normalized spacial score (nSPS) is 15.9. The van der Waals surface area contributed by atoms with Gasteiger partial charge in [-0.15, -0.1) is 0 Å². The van der Waals surface area contributed by atoms with Gasteiger partial charge in [0.05, 0.1) is 23.4 Å². The highest BCUT2D eigenvalue weighted by molar-refractivity contribution is 7.07. The fourth-order valence-corrected chi connectivity index (χ4v) is 6.78. The molecule has 0 amide bonds. The monoisotopic (exact) mass is 556 g/mol. The van der Waals surface area contributed by atoms with Crippen molar-refractivity contribution in [1.29, 1.82) is 0 Å². The van der Waals surface area contributed by atoms with Gasteiger partial charge in [0, 0.05) is 11.1 Å². The summed E-state index contributed by atoms with van der Waals surface area (Å²) in [5, 5.41) is 0. The molecule has 1 atom stereocenters. The first kappa shape index (κ1) is 25.3. The van der Waals surface area contributed by atoms with E-state index in [9.17, 15) is 4.79 Å². The Balaban J connectivity index is 1.35. The van der Waals surface area contributed by atoms with E-state index < -0.39 is 0 Å². The van der Waals surface area contributed by atoms with E-state index in [0.29, 0.717) is 15.9 Å². The Morgan fingerprint density at radius 3 is 2.61 bits per heavy atom. The number of hydrogen-bond acceptors (Lipinski definition) is 5. The van der Waals surface area contributed by atoms with Gasteiger partial charge < -0.3 is 9.47 Å². The second-order valence-corrected chi connectivity index (χ2v) is 11.2. The third-order valence-electron chi connectivity index (χ3n) is 7.71. The van der Waals surface area contributed by atoms with Crippen molar-refractivity contribution in [3.63, 3.8) is 0 Å². The average molecular weight is 557 g/mol. The van der Waals surface area contributed by atoms with E-state index in [1.807, 2.05) is 83.4 Å². The van der Waals surface area contributed by atoms with Gasteiger partial charge in [-0.25, -0.2) is 4.99 Å². The van der Waals surface area contributed by atoms with Crippen LogP contribution in [0.4, 0.5) is 0 Å². The number of methoxy groups -OCH3 is 1. The van der Waals surface area contributed by atoms with Crippen molar-refractivity contribution in [2.45, 2.75) is 25.5 Å². The van der Waals surface area contributed by atoms with Gasteiger partial charge in [0.25, 0.3) is 5.56 Å². The zero-order valence-electron chi connectivity index (χ0n) is 22.6. The molecule has 0 saturated heterocycles. The molecule has 0 saturated carbocycles. The largest absolute Gasteiger partial charge is 0.496 e. The Bertz CT molecular complexity index is 1970. The Morgan fingerprint density at radius 1 is 0.927 bits per heavy atom. The fraction of sp³-hybridized carbons (Fsp3) is 0.143. The van der Waals surface area contributed by atoms with E-state index in [4.69, 9.17) is 14.5 Å². The topological polar surface area (TPSA) is 52.8 Å². The molecular formula is C35H28N2O3S. The second kappa shape index (κ2) is 10.7. The van der Waals surface area contributed by atoms with E-state index in [0.717, 1.165) is 57.9 Å². The van der Waals surface area contributed by atoms with Crippen LogP contribution in [-0.4, -0.2) is 11.7 Å². The number of thiazole rings is 1. The molecule has 0 fully saturated rings. The van der Waals surface area contributed by atoms with E-state index in [1.54, 1.807) is 7.11 Å². The van der Waals surface area contributed by atoms with Crippen LogP contribution in [-0.2, 0) is 13.0 Å². The molecule has 0 spiro atoms. The van der Waals surface area contributed by atoms with Gasteiger partial charge in [-0.05, 0) is 59.4 Å². The van der Waals surface area contributed by atoms with Crippen LogP contribution in [0.2, 0.25) is 0 Å². The van der Waals surface area contributed by atoms with Crippen LogP contribution >= 0.6 is 11.3 Å². The molecule has 7 rings (SSSR count). The summed E-state index contributed by atoms with van der Waals surface area (Å²) in [5.74, 6) is 1.53. The van der Waals surface area contributed by atoms with Crippen molar-refractivity contribution in [3.05, 3.63) is 156 Å². The second-order valence-electron chi connectivity index (χ2n) is 10.2. The minimum atomic E-state index is -0.284. The first-order valence-corrected chi connectivity index (χ1v) is 14.5. The number of ether oxygens (including phenoxy) is 2. The number of fused-ring (bicyclic) bond motifs is 3. The minimum absolute atomic E-state index is 0.0503. The highest BCUT2D eigenvalue weighted by Gasteiger charge is 2.33. The maximum absolute atomic E-state index is 14.1. The third-order valence-corrected chi connectivity index (χ3v) is 8.69. The predicted octanol–water partition coefficient (Wildman–Crippen LogP) is 5.91. The standard InChI is InChI=1S/C35H28N2O3S/c1-39-30-17-8-7-16-28(30)33-29-19-18-25-13-5-6-15-27(25)32(29)36-35-37(33)34(38)31(41-35)21-24-12-9-14-26(20-24)40-22-23-10-3-2-4-11-23/h2-17,20-21,33H,18-19,22H2,1H3/b31-21+/t33-/m0/s1. The number of aromatic nitrogens is 1. The summed E-state index contributed by atoms with van der Waals surface area (Å²) in [7, 11) is 1.68. The molecule has 5 aromatic rings. The highest BCUT2D eigenvalue weighted by atomic mass is 32.1. The molecule has 0 unspecified atom stereocenters. The molecule has 2 aliphatic rings. The number of hydrogen-bond donors (Lipinski definition) is 0. The van der Waals surface area contributed by atoms with Crippen molar-refractivity contribution in [2.75, 3.05) is 7.11 Å². The third kappa shape index (κ3) is 4.70. The summed E-state index contributed by atoms with van der Waals surface area (Å²) in [6.45, 7) is 0.485. The zero-order valence-corrected chi connectivity index (χ0v) is 23.4. The lowest BCUT2D eigenvalue weighted by atomic mass is 9.83. The van der Waals surface area contributed by atoms with Crippen molar-refractivity contribution in [1.82, 2.24) is 4.57 Å². The van der Waals surface area contributed by atoms with Crippen molar-refractivity contribution in [3.8, 4) is 11.5 Å². The minimum Gasteiger partial charge on any atom is -0.496 e. The Hall–Kier alpha value is -4.68. The summed E-state index contributed by atoms with van der Waals surface area (Å²) >= 11 is 1.43. The molecule has 1 aromatic heterocycles. The molecular weight excluding hydrogens is 528 g/mol. The number of nitrogens with zero attached hydrogens (tertiary/aromatic N) is 2. The van der Waals surface area contributed by atoms with Crippen molar-refractivity contribution >= 4 is 23.1 Å². The Kier molecular flexibility index (Phi) is 6.61. The summed E-state index contributed by atoms with van der Waals surface area (Å²) in [5.41, 5.74) is 7.51. The number of allylic oxidation sites excluding steroid dienone is 1. The van der Waals surface area contributed by atoms with Crippen LogP contribution in [0.5, 0.6) is 11.5 Å². The molecule has 0 N–H and O–H groups in total. The lowest BCUT2D eigenvalue weighted by Crippen LogP contribution is -2.39. The summed E-state index contributed by atoms with van der Waals surface area (Å²) < 4.78 is 14.3. The van der Waals surface area contributed by atoms with Gasteiger partial charge in [0.1, 0.15) is 18.1 Å². The van der Waals surface area contributed by atoms with E-state index in [2.05, 4.69) is 30.3 Å². The number of para-hydroxylation sites is 1. The van der Waals surface area contributed by atoms with E-state index in [1.165, 1.54) is 16.9 Å². The van der Waals surface area contributed by atoms with Crippen LogP contribution in [0.1, 0.15) is 40.3 Å². The zero-order chi connectivity index (χ0) is 27.8. The quantitative estimate of drug-likeness (QED) is 0.262. The maximum atomic E-state index is 14.1. The molecule has 41 heavy (non-hydrogen) atoms. The molecule has 1 aliphatic heterocycles. The van der Waals surface area contributed by atoms with Crippen molar-refractivity contribution in [2.24, 2.45) is 4.99 Å². The number of aryl methyl sites for hydroxylation is 1. The molecule has 0 bridgehead atoms.